The number of hydrogen-bond donors (Lipinski definition) is 2. The molecular weight excluding hydrogens is 364 g/mol. The number of benzene rings is 3. The summed E-state index contributed by atoms with van der Waals surface area (Å²) in [6.45, 7) is 5.12. The molecule has 0 spiro atoms. The number of aryl methyl sites for hydroxylation is 1. The highest BCUT2D eigenvalue weighted by Crippen LogP contribution is 2.31. The summed E-state index contributed by atoms with van der Waals surface area (Å²) < 4.78 is 5.88. The van der Waals surface area contributed by atoms with Gasteiger partial charge >= 0.3 is 0 Å². The summed E-state index contributed by atoms with van der Waals surface area (Å²) >= 11 is 0. The van der Waals surface area contributed by atoms with Gasteiger partial charge in [-0.25, -0.2) is 0 Å². The molecule has 0 radical (unpaired) electrons. The Hall–Kier alpha value is -3.60. The molecule has 3 aromatic rings. The molecule has 148 valence electrons. The van der Waals surface area contributed by atoms with E-state index in [9.17, 15) is 9.59 Å². The van der Waals surface area contributed by atoms with Gasteiger partial charge in [-0.2, -0.15) is 0 Å². The van der Waals surface area contributed by atoms with Crippen LogP contribution < -0.4 is 15.4 Å². The molecule has 0 saturated carbocycles. The average Bonchev–Trinajstić information content (AvgIpc) is 2.70. The minimum absolute atomic E-state index is 0.387. The van der Waals surface area contributed by atoms with Crippen molar-refractivity contribution < 1.29 is 14.3 Å². The van der Waals surface area contributed by atoms with E-state index < -0.39 is 11.3 Å². The van der Waals surface area contributed by atoms with Gasteiger partial charge in [-0.3, -0.25) is 9.59 Å². The van der Waals surface area contributed by atoms with E-state index in [0.717, 1.165) is 5.56 Å². The van der Waals surface area contributed by atoms with Gasteiger partial charge < -0.3 is 15.4 Å². The second-order valence-electron chi connectivity index (χ2n) is 7.31. The average molecular weight is 388 g/mol. The van der Waals surface area contributed by atoms with Crippen LogP contribution in [-0.4, -0.2) is 11.8 Å². The SMILES string of the molecule is Cc1cccc(NC(=O)C(C)(C)C(=O)Nc2ccccc2Oc2ccccc2)c1. The fourth-order valence-electron chi connectivity index (χ4n) is 2.67. The maximum atomic E-state index is 12.9. The molecule has 0 aliphatic heterocycles. The number of nitrogens with one attached hydrogen (secondary N) is 2. The van der Waals surface area contributed by atoms with Crippen LogP contribution in [0.1, 0.15) is 19.4 Å². The molecular formula is C24H24N2O3. The van der Waals surface area contributed by atoms with E-state index in [-0.39, 0.29) is 5.91 Å². The Bertz CT molecular complexity index is 1010. The lowest BCUT2D eigenvalue weighted by Crippen LogP contribution is -2.41. The fraction of sp³-hybridized carbons (Fsp3) is 0.167. The van der Waals surface area contributed by atoms with E-state index in [1.807, 2.05) is 61.5 Å². The largest absolute Gasteiger partial charge is 0.455 e. The van der Waals surface area contributed by atoms with Crippen LogP contribution in [0.5, 0.6) is 11.5 Å². The third-order valence-corrected chi connectivity index (χ3v) is 4.52. The van der Waals surface area contributed by atoms with Gasteiger partial charge in [-0.1, -0.05) is 42.5 Å². The minimum atomic E-state index is -1.29. The lowest BCUT2D eigenvalue weighted by Gasteiger charge is -2.23. The molecule has 0 aliphatic rings. The summed E-state index contributed by atoms with van der Waals surface area (Å²) in [5.41, 5.74) is 0.891. The first kappa shape index (κ1) is 20.1. The normalized spacial score (nSPS) is 10.9. The second-order valence-corrected chi connectivity index (χ2v) is 7.31. The summed E-state index contributed by atoms with van der Waals surface area (Å²) in [6, 6.07) is 23.9. The first-order valence-corrected chi connectivity index (χ1v) is 9.38. The molecule has 2 amide bonds. The topological polar surface area (TPSA) is 67.4 Å². The fourth-order valence-corrected chi connectivity index (χ4v) is 2.67. The number of hydrogen-bond acceptors (Lipinski definition) is 3. The molecule has 0 aromatic heterocycles. The van der Waals surface area contributed by atoms with Gasteiger partial charge in [0.15, 0.2) is 5.75 Å². The van der Waals surface area contributed by atoms with Crippen LogP contribution in [-0.2, 0) is 9.59 Å². The van der Waals surface area contributed by atoms with E-state index in [4.69, 9.17) is 4.74 Å². The lowest BCUT2D eigenvalue weighted by atomic mass is 9.90. The van der Waals surface area contributed by atoms with Gasteiger partial charge in [0, 0.05) is 5.69 Å². The molecule has 0 saturated heterocycles. The van der Waals surface area contributed by atoms with Crippen LogP contribution in [0.15, 0.2) is 78.9 Å². The number of carbonyl (C=O) groups excluding carboxylic acids is 2. The number of anilines is 2. The van der Waals surface area contributed by atoms with Crippen molar-refractivity contribution in [2.24, 2.45) is 5.41 Å². The third-order valence-electron chi connectivity index (χ3n) is 4.52. The summed E-state index contributed by atoms with van der Waals surface area (Å²) in [7, 11) is 0. The van der Waals surface area contributed by atoms with E-state index in [2.05, 4.69) is 10.6 Å². The second kappa shape index (κ2) is 8.61. The Balaban J connectivity index is 1.74. The molecule has 0 bridgehead atoms. The summed E-state index contributed by atoms with van der Waals surface area (Å²) in [5.74, 6) is 0.349. The monoisotopic (exact) mass is 388 g/mol. The van der Waals surface area contributed by atoms with Crippen molar-refractivity contribution in [3.05, 3.63) is 84.4 Å². The van der Waals surface area contributed by atoms with Crippen LogP contribution in [0.3, 0.4) is 0 Å². The molecule has 5 nitrogen and oxygen atoms in total. The van der Waals surface area contributed by atoms with Crippen molar-refractivity contribution in [2.45, 2.75) is 20.8 Å². The van der Waals surface area contributed by atoms with Gasteiger partial charge in [0.05, 0.1) is 5.69 Å². The molecule has 3 rings (SSSR count). The third kappa shape index (κ3) is 5.02. The van der Waals surface area contributed by atoms with Crippen molar-refractivity contribution in [3.63, 3.8) is 0 Å². The van der Waals surface area contributed by atoms with Crippen LogP contribution in [0.25, 0.3) is 0 Å². The molecule has 0 aliphatic carbocycles. The Labute approximate surface area is 170 Å². The molecule has 0 atom stereocenters. The number of amides is 2. The standard InChI is InChI=1S/C24H24N2O3/c1-17-10-9-11-18(16-17)25-22(27)24(2,3)23(28)26-20-14-7-8-15-21(20)29-19-12-5-4-6-13-19/h4-16H,1-3H3,(H,25,27)(H,26,28). The Morgan fingerprint density at radius 3 is 2.17 bits per heavy atom. The Morgan fingerprint density at radius 1 is 0.793 bits per heavy atom. The zero-order valence-corrected chi connectivity index (χ0v) is 16.7. The van der Waals surface area contributed by atoms with Crippen LogP contribution in [0, 0.1) is 12.3 Å². The lowest BCUT2D eigenvalue weighted by molar-refractivity contribution is -0.135. The summed E-state index contributed by atoms with van der Waals surface area (Å²) in [5, 5.41) is 5.64. The number of carbonyl (C=O) groups is 2. The van der Waals surface area contributed by atoms with Gasteiger partial charge in [-0.05, 0) is 62.7 Å². The summed E-state index contributed by atoms with van der Waals surface area (Å²) in [6.07, 6.45) is 0. The van der Waals surface area contributed by atoms with Gasteiger partial charge in [-0.15, -0.1) is 0 Å². The van der Waals surface area contributed by atoms with Gasteiger partial charge in [0.2, 0.25) is 11.8 Å². The van der Waals surface area contributed by atoms with Crippen LogP contribution >= 0.6 is 0 Å². The molecule has 5 heteroatoms. The van der Waals surface area contributed by atoms with Gasteiger partial charge in [0.25, 0.3) is 0 Å². The van der Waals surface area contributed by atoms with Crippen molar-refractivity contribution in [2.75, 3.05) is 10.6 Å². The molecule has 2 N–H and O–H groups in total. The van der Waals surface area contributed by atoms with E-state index in [1.165, 1.54) is 0 Å². The molecule has 3 aromatic carbocycles. The minimum Gasteiger partial charge on any atom is -0.455 e. The van der Waals surface area contributed by atoms with E-state index in [0.29, 0.717) is 22.9 Å². The molecule has 0 fully saturated rings. The maximum absolute atomic E-state index is 12.9. The molecule has 0 unspecified atom stereocenters. The van der Waals surface area contributed by atoms with Crippen molar-refractivity contribution in [3.8, 4) is 11.5 Å². The van der Waals surface area contributed by atoms with Crippen molar-refractivity contribution in [1.82, 2.24) is 0 Å². The highest BCUT2D eigenvalue weighted by atomic mass is 16.5. The first-order chi connectivity index (χ1) is 13.9. The predicted octanol–water partition coefficient (Wildman–Crippen LogP) is 5.39. The number of para-hydroxylation sites is 3. The predicted molar refractivity (Wildman–Crippen MR) is 115 cm³/mol. The van der Waals surface area contributed by atoms with E-state index in [1.54, 1.807) is 38.1 Å². The highest BCUT2D eigenvalue weighted by Gasteiger charge is 2.36. The van der Waals surface area contributed by atoms with Crippen LogP contribution in [0.4, 0.5) is 11.4 Å². The quantitative estimate of drug-likeness (QED) is 0.556. The Kier molecular flexibility index (Phi) is 5.98. The maximum Gasteiger partial charge on any atom is 0.239 e. The van der Waals surface area contributed by atoms with Crippen molar-refractivity contribution in [1.29, 1.82) is 0 Å². The highest BCUT2D eigenvalue weighted by molar-refractivity contribution is 6.14. The zero-order valence-electron chi connectivity index (χ0n) is 16.7. The molecule has 0 heterocycles. The summed E-state index contributed by atoms with van der Waals surface area (Å²) in [4.78, 5) is 25.7. The zero-order chi connectivity index (χ0) is 20.9. The number of rotatable bonds is 6. The van der Waals surface area contributed by atoms with Gasteiger partial charge in [0.1, 0.15) is 11.2 Å². The van der Waals surface area contributed by atoms with E-state index >= 15 is 0 Å². The number of ether oxygens (including phenoxy) is 1. The smallest absolute Gasteiger partial charge is 0.239 e. The molecule has 29 heavy (non-hydrogen) atoms. The Morgan fingerprint density at radius 2 is 1.45 bits per heavy atom. The van der Waals surface area contributed by atoms with Crippen molar-refractivity contribution >= 4 is 23.2 Å². The first-order valence-electron chi connectivity index (χ1n) is 9.38. The van der Waals surface area contributed by atoms with Crippen LogP contribution in [0.2, 0.25) is 0 Å².